The maximum Gasteiger partial charge on any atom is 0.271 e. The molecule has 2 aromatic rings. The number of nitro benzene ring substituents is 1. The molecule has 2 aromatic carbocycles. The van der Waals surface area contributed by atoms with Crippen LogP contribution in [-0.2, 0) is 4.79 Å². The van der Waals surface area contributed by atoms with Crippen molar-refractivity contribution in [3.05, 3.63) is 63.7 Å². The van der Waals surface area contributed by atoms with Gasteiger partial charge in [-0.2, -0.15) is 0 Å². The quantitative estimate of drug-likeness (QED) is 0.552. The largest absolute Gasteiger partial charge is 0.376 e. The molecular weight excluding hydrogens is 312 g/mol. The molecule has 124 valence electrons. The highest BCUT2D eigenvalue weighted by molar-refractivity contribution is 6.00. The molecule has 0 aromatic heterocycles. The van der Waals surface area contributed by atoms with Crippen LogP contribution in [0.1, 0.15) is 15.9 Å². The second-order valence-electron chi connectivity index (χ2n) is 5.07. The summed E-state index contributed by atoms with van der Waals surface area (Å²) in [5, 5.41) is 16.2. The molecule has 0 saturated heterocycles. The summed E-state index contributed by atoms with van der Waals surface area (Å²) in [6, 6.07) is 10.8. The van der Waals surface area contributed by atoms with E-state index >= 15 is 0 Å². The van der Waals surface area contributed by atoms with Crippen molar-refractivity contribution in [2.45, 2.75) is 6.92 Å². The minimum absolute atomic E-state index is 0.108. The molecule has 24 heavy (non-hydrogen) atoms. The molecule has 0 fully saturated rings. The van der Waals surface area contributed by atoms with Crippen molar-refractivity contribution in [2.75, 3.05) is 17.2 Å². The lowest BCUT2D eigenvalue weighted by Gasteiger charge is -2.11. The van der Waals surface area contributed by atoms with Gasteiger partial charge in [0.15, 0.2) is 0 Å². The Hall–Kier alpha value is -3.42. The maximum absolute atomic E-state index is 12.0. The van der Waals surface area contributed by atoms with E-state index in [4.69, 9.17) is 5.73 Å². The van der Waals surface area contributed by atoms with Crippen LogP contribution in [0, 0.1) is 17.0 Å². The van der Waals surface area contributed by atoms with Crippen LogP contribution in [0.25, 0.3) is 0 Å². The molecule has 0 atom stereocenters. The summed E-state index contributed by atoms with van der Waals surface area (Å²) in [6.45, 7) is 1.61. The number of para-hydroxylation sites is 1. The van der Waals surface area contributed by atoms with Crippen LogP contribution in [0.5, 0.6) is 0 Å². The van der Waals surface area contributed by atoms with Crippen molar-refractivity contribution in [3.63, 3.8) is 0 Å². The van der Waals surface area contributed by atoms with Gasteiger partial charge in [0.25, 0.3) is 11.6 Å². The van der Waals surface area contributed by atoms with E-state index < -0.39 is 16.7 Å². The van der Waals surface area contributed by atoms with Gasteiger partial charge >= 0.3 is 0 Å². The van der Waals surface area contributed by atoms with Crippen LogP contribution >= 0.6 is 0 Å². The second-order valence-corrected chi connectivity index (χ2v) is 5.07. The van der Waals surface area contributed by atoms with E-state index in [-0.39, 0.29) is 17.8 Å². The zero-order valence-corrected chi connectivity index (χ0v) is 12.9. The third kappa shape index (κ3) is 4.07. The highest BCUT2D eigenvalue weighted by Gasteiger charge is 2.12. The highest BCUT2D eigenvalue weighted by Crippen LogP contribution is 2.22. The summed E-state index contributed by atoms with van der Waals surface area (Å²) in [5.41, 5.74) is 6.93. The van der Waals surface area contributed by atoms with Gasteiger partial charge in [-0.3, -0.25) is 19.7 Å². The fourth-order valence-electron chi connectivity index (χ4n) is 2.08. The summed E-state index contributed by atoms with van der Waals surface area (Å²) >= 11 is 0. The van der Waals surface area contributed by atoms with Gasteiger partial charge in [0.1, 0.15) is 0 Å². The number of nitrogens with zero attached hydrogens (tertiary/aromatic N) is 1. The molecule has 0 unspecified atom stereocenters. The van der Waals surface area contributed by atoms with Gasteiger partial charge in [0.2, 0.25) is 5.91 Å². The highest BCUT2D eigenvalue weighted by atomic mass is 16.6. The fourth-order valence-corrected chi connectivity index (χ4v) is 2.08. The van der Waals surface area contributed by atoms with Gasteiger partial charge in [-0.1, -0.05) is 18.2 Å². The Balaban J connectivity index is 2.06. The van der Waals surface area contributed by atoms with E-state index in [1.165, 1.54) is 12.1 Å². The number of carbonyl (C=O) groups is 2. The summed E-state index contributed by atoms with van der Waals surface area (Å²) < 4.78 is 0. The molecule has 0 radical (unpaired) electrons. The molecule has 2 rings (SSSR count). The molecule has 4 N–H and O–H groups in total. The lowest BCUT2D eigenvalue weighted by molar-refractivity contribution is -0.384. The molecular formula is C16H16N4O4. The Labute approximate surface area is 137 Å². The van der Waals surface area contributed by atoms with E-state index in [2.05, 4.69) is 10.6 Å². The molecule has 0 aliphatic carbocycles. The number of hydrogen-bond donors (Lipinski definition) is 3. The third-order valence-electron chi connectivity index (χ3n) is 3.34. The number of aryl methyl sites for hydroxylation is 1. The predicted molar refractivity (Wildman–Crippen MR) is 89.9 cm³/mol. The van der Waals surface area contributed by atoms with Crippen LogP contribution < -0.4 is 16.4 Å². The maximum atomic E-state index is 12.0. The number of nitro groups is 1. The van der Waals surface area contributed by atoms with E-state index in [0.717, 1.165) is 0 Å². The monoisotopic (exact) mass is 328 g/mol. The Morgan fingerprint density at radius 1 is 1.17 bits per heavy atom. The van der Waals surface area contributed by atoms with E-state index in [1.54, 1.807) is 37.3 Å². The number of anilines is 2. The molecule has 0 saturated carbocycles. The summed E-state index contributed by atoms with van der Waals surface area (Å²) in [4.78, 5) is 33.6. The molecule has 0 spiro atoms. The van der Waals surface area contributed by atoms with Crippen LogP contribution in [0.15, 0.2) is 42.5 Å². The Bertz CT molecular complexity index is 804. The van der Waals surface area contributed by atoms with Crippen LogP contribution in [0.3, 0.4) is 0 Å². The molecule has 0 aliphatic rings. The first-order valence-corrected chi connectivity index (χ1v) is 7.06. The summed E-state index contributed by atoms with van der Waals surface area (Å²) in [7, 11) is 0. The molecule has 0 aliphatic heterocycles. The van der Waals surface area contributed by atoms with Crippen LogP contribution in [-0.4, -0.2) is 23.3 Å². The standard InChI is InChI=1S/C16H16N4O4/c1-10-6-7-11(20(23)24)8-14(10)19-15(21)9-18-13-5-3-2-4-12(13)16(17)22/h2-8,18H,9H2,1H3,(H2,17,22)(H,19,21). The lowest BCUT2D eigenvalue weighted by Crippen LogP contribution is -2.23. The Morgan fingerprint density at radius 3 is 2.54 bits per heavy atom. The number of benzene rings is 2. The van der Waals surface area contributed by atoms with Crippen molar-refractivity contribution in [3.8, 4) is 0 Å². The molecule has 2 amide bonds. The van der Waals surface area contributed by atoms with Gasteiger partial charge < -0.3 is 16.4 Å². The van der Waals surface area contributed by atoms with Crippen molar-refractivity contribution < 1.29 is 14.5 Å². The molecule has 8 nitrogen and oxygen atoms in total. The van der Waals surface area contributed by atoms with Crippen molar-refractivity contribution in [1.29, 1.82) is 0 Å². The lowest BCUT2D eigenvalue weighted by atomic mass is 10.1. The van der Waals surface area contributed by atoms with Crippen LogP contribution in [0.4, 0.5) is 17.1 Å². The molecule has 0 heterocycles. The number of nitrogens with one attached hydrogen (secondary N) is 2. The topological polar surface area (TPSA) is 127 Å². The summed E-state index contributed by atoms with van der Waals surface area (Å²) in [5.74, 6) is -1.01. The number of rotatable bonds is 6. The Kier molecular flexibility index (Phi) is 5.10. The number of amides is 2. The Morgan fingerprint density at radius 2 is 1.88 bits per heavy atom. The van der Waals surface area contributed by atoms with Gasteiger partial charge in [-0.15, -0.1) is 0 Å². The molecule has 0 bridgehead atoms. The van der Waals surface area contributed by atoms with E-state index in [9.17, 15) is 19.7 Å². The van der Waals surface area contributed by atoms with Gasteiger partial charge in [-0.05, 0) is 24.6 Å². The predicted octanol–water partition coefficient (Wildman–Crippen LogP) is 2.05. The van der Waals surface area contributed by atoms with Crippen molar-refractivity contribution in [1.82, 2.24) is 0 Å². The van der Waals surface area contributed by atoms with Gasteiger partial charge in [0.05, 0.1) is 22.7 Å². The third-order valence-corrected chi connectivity index (χ3v) is 3.34. The first-order valence-electron chi connectivity index (χ1n) is 7.06. The SMILES string of the molecule is Cc1ccc([N+](=O)[O-])cc1NC(=O)CNc1ccccc1C(N)=O. The van der Waals surface area contributed by atoms with Crippen molar-refractivity contribution in [2.24, 2.45) is 5.73 Å². The number of hydrogen-bond acceptors (Lipinski definition) is 5. The zero-order valence-electron chi connectivity index (χ0n) is 12.9. The van der Waals surface area contributed by atoms with Gasteiger partial charge in [0, 0.05) is 17.8 Å². The molecule has 8 heteroatoms. The minimum atomic E-state index is -0.604. The van der Waals surface area contributed by atoms with Gasteiger partial charge in [-0.25, -0.2) is 0 Å². The average Bonchev–Trinajstić information content (AvgIpc) is 2.55. The number of non-ortho nitro benzene ring substituents is 1. The van der Waals surface area contributed by atoms with E-state index in [1.807, 2.05) is 0 Å². The second kappa shape index (κ2) is 7.23. The first kappa shape index (κ1) is 16.9. The normalized spacial score (nSPS) is 10.0. The summed E-state index contributed by atoms with van der Waals surface area (Å²) in [6.07, 6.45) is 0. The van der Waals surface area contributed by atoms with E-state index in [0.29, 0.717) is 16.9 Å². The zero-order chi connectivity index (χ0) is 17.7. The first-order chi connectivity index (χ1) is 11.4. The average molecular weight is 328 g/mol. The number of carbonyl (C=O) groups excluding carboxylic acids is 2. The fraction of sp³-hybridized carbons (Fsp3) is 0.125. The van der Waals surface area contributed by atoms with Crippen molar-refractivity contribution >= 4 is 28.9 Å². The number of primary amides is 1. The van der Waals surface area contributed by atoms with Crippen LogP contribution in [0.2, 0.25) is 0 Å². The number of nitrogens with two attached hydrogens (primary N) is 1. The smallest absolute Gasteiger partial charge is 0.271 e. The minimum Gasteiger partial charge on any atom is -0.376 e.